The maximum absolute atomic E-state index is 13.2. The van der Waals surface area contributed by atoms with Crippen molar-refractivity contribution in [3.63, 3.8) is 0 Å². The van der Waals surface area contributed by atoms with Gasteiger partial charge in [0.15, 0.2) is 5.69 Å². The Morgan fingerprint density at radius 3 is 2.08 bits per heavy atom. The first kappa shape index (κ1) is 16.5. The highest BCUT2D eigenvalue weighted by Crippen LogP contribution is 2.61. The van der Waals surface area contributed by atoms with Crippen molar-refractivity contribution in [2.75, 3.05) is 0 Å². The Labute approximate surface area is 146 Å². The number of fused-ring (bicyclic) bond motifs is 5. The van der Waals surface area contributed by atoms with Gasteiger partial charge in [-0.2, -0.15) is 13.2 Å². The van der Waals surface area contributed by atoms with Crippen LogP contribution in [0.25, 0.3) is 10.5 Å². The van der Waals surface area contributed by atoms with Crippen LogP contribution in [0.1, 0.15) is 30.5 Å². The zero-order valence-corrected chi connectivity index (χ0v) is 13.7. The molecular formula is C18H13F3N2O3. The maximum Gasteiger partial charge on any atom is 0.407 e. The minimum Gasteiger partial charge on any atom is -0.494 e. The highest BCUT2D eigenvalue weighted by molar-refractivity contribution is 5.66. The van der Waals surface area contributed by atoms with E-state index < -0.39 is 40.4 Å². The lowest BCUT2D eigenvalue weighted by Gasteiger charge is -2.21. The van der Waals surface area contributed by atoms with Gasteiger partial charge >= 0.3 is 6.18 Å². The lowest BCUT2D eigenvalue weighted by Crippen LogP contribution is -2.19. The largest absolute Gasteiger partial charge is 0.494 e. The van der Waals surface area contributed by atoms with E-state index in [1.165, 1.54) is 6.07 Å². The molecular weight excluding hydrogens is 349 g/mol. The van der Waals surface area contributed by atoms with Crippen LogP contribution in [-0.4, -0.2) is 14.8 Å². The summed E-state index contributed by atoms with van der Waals surface area (Å²) >= 11 is 0. The van der Waals surface area contributed by atoms with Gasteiger partial charge < -0.3 is 14.9 Å². The molecule has 5 nitrogen and oxygen atoms in total. The fraction of sp³-hybridized carbons (Fsp3) is 0.278. The second-order valence-corrected chi connectivity index (χ2v) is 6.69. The summed E-state index contributed by atoms with van der Waals surface area (Å²) in [6.07, 6.45) is -1.26. The third-order valence-electron chi connectivity index (χ3n) is 4.92. The summed E-state index contributed by atoms with van der Waals surface area (Å²) in [5, 5.41) is 21.3. The Bertz CT molecular complexity index is 990. The zero-order chi connectivity index (χ0) is 19.1. The topological polar surface area (TPSA) is 59.0 Å². The molecule has 1 aromatic heterocycles. The van der Waals surface area contributed by atoms with Crippen LogP contribution in [0, 0.1) is 6.57 Å². The van der Waals surface area contributed by atoms with Crippen molar-refractivity contribution in [2.45, 2.75) is 31.2 Å². The van der Waals surface area contributed by atoms with Crippen LogP contribution in [-0.2, 0) is 22.1 Å². The first-order chi connectivity index (χ1) is 12.0. The second kappa shape index (κ2) is 4.62. The van der Waals surface area contributed by atoms with Crippen molar-refractivity contribution >= 4 is 5.69 Å². The van der Waals surface area contributed by atoms with E-state index in [0.717, 1.165) is 16.7 Å². The number of nitrogens with zero attached hydrogens (tertiary/aromatic N) is 2. The van der Waals surface area contributed by atoms with Crippen LogP contribution in [0.15, 0.2) is 30.4 Å². The van der Waals surface area contributed by atoms with E-state index in [0.29, 0.717) is 11.1 Å². The molecule has 2 unspecified atom stereocenters. The second-order valence-electron chi connectivity index (χ2n) is 6.69. The predicted octanol–water partition coefficient (Wildman–Crippen LogP) is 4.49. The van der Waals surface area contributed by atoms with Gasteiger partial charge in [-0.05, 0) is 38.1 Å². The molecule has 0 saturated heterocycles. The molecule has 2 N–H and O–H groups in total. The van der Waals surface area contributed by atoms with Crippen molar-refractivity contribution in [1.29, 1.82) is 0 Å². The summed E-state index contributed by atoms with van der Waals surface area (Å²) < 4.78 is 46.5. The van der Waals surface area contributed by atoms with Crippen molar-refractivity contribution < 1.29 is 28.1 Å². The Morgan fingerprint density at radius 1 is 1.08 bits per heavy atom. The van der Waals surface area contributed by atoms with Gasteiger partial charge in [0, 0.05) is 0 Å². The van der Waals surface area contributed by atoms with Crippen LogP contribution >= 0.6 is 0 Å². The number of aromatic nitrogens is 1. The number of rotatable bonds is 1. The molecule has 0 saturated carbocycles. The molecule has 0 spiro atoms. The molecule has 2 atom stereocenters. The normalized spacial score (nSPS) is 26.2. The molecule has 2 aliphatic rings. The summed E-state index contributed by atoms with van der Waals surface area (Å²) in [6.45, 7) is 10.3. The van der Waals surface area contributed by atoms with Gasteiger partial charge in [0.25, 0.3) is 0 Å². The summed E-state index contributed by atoms with van der Waals surface area (Å²) in [6, 6.07) is 3.00. The number of halogens is 3. The number of alkyl halides is 3. The van der Waals surface area contributed by atoms with Crippen LogP contribution in [0.3, 0.4) is 0 Å². The first-order valence-electron chi connectivity index (χ1n) is 7.69. The average molecular weight is 362 g/mol. The van der Waals surface area contributed by atoms with Gasteiger partial charge in [-0.25, -0.2) is 4.85 Å². The summed E-state index contributed by atoms with van der Waals surface area (Å²) in [7, 11) is 0. The summed E-state index contributed by atoms with van der Waals surface area (Å²) in [4.78, 5) is 2.89. The van der Waals surface area contributed by atoms with E-state index in [1.807, 2.05) is 0 Å². The summed E-state index contributed by atoms with van der Waals surface area (Å²) in [5.41, 5.74) is -3.08. The van der Waals surface area contributed by atoms with Crippen LogP contribution < -0.4 is 0 Å². The Hall–Kier alpha value is -2.92. The van der Waals surface area contributed by atoms with Gasteiger partial charge in [-0.1, -0.05) is 6.07 Å². The molecule has 4 rings (SSSR count). The van der Waals surface area contributed by atoms with Crippen LogP contribution in [0.5, 0.6) is 11.8 Å². The molecule has 3 heterocycles. The fourth-order valence-corrected chi connectivity index (χ4v) is 3.82. The van der Waals surface area contributed by atoms with Gasteiger partial charge in [0.1, 0.15) is 11.2 Å². The third-order valence-corrected chi connectivity index (χ3v) is 4.92. The Balaban J connectivity index is 1.97. The number of hydrogen-bond donors (Lipinski definition) is 2. The minimum absolute atomic E-state index is 0.0966. The molecule has 2 aromatic rings. The molecule has 2 aliphatic heterocycles. The van der Waals surface area contributed by atoms with Gasteiger partial charge in [-0.15, -0.1) is 0 Å². The molecule has 1 aromatic carbocycles. The molecule has 0 fully saturated rings. The molecule has 0 radical (unpaired) electrons. The number of aromatic hydroxyl groups is 2. The molecule has 134 valence electrons. The SMILES string of the molecule is [C-]#[N+]c1ccc(-n2c(O)c3c(c2O)C2(C)C=CC3(C)O2)cc1C(F)(F)F. The Kier molecular flexibility index (Phi) is 2.94. The maximum atomic E-state index is 13.2. The molecule has 0 aliphatic carbocycles. The number of hydrogen-bond acceptors (Lipinski definition) is 3. The van der Waals surface area contributed by atoms with E-state index in [9.17, 15) is 23.4 Å². The standard InChI is InChI=1S/C18H13F3N2O3/c1-16-6-7-17(2,26-16)13-12(16)14(24)23(15(13)25)9-4-5-11(22-3)10(8-9)18(19,20)21/h4-8,24-25H,1-2H3. The van der Waals surface area contributed by atoms with Crippen molar-refractivity contribution in [3.8, 4) is 17.4 Å². The number of benzene rings is 1. The van der Waals surface area contributed by atoms with Crippen molar-refractivity contribution in [3.05, 3.63) is 58.5 Å². The average Bonchev–Trinajstić information content (AvgIpc) is 3.10. The van der Waals surface area contributed by atoms with Crippen molar-refractivity contribution in [1.82, 2.24) is 4.57 Å². The first-order valence-corrected chi connectivity index (χ1v) is 7.69. The molecule has 26 heavy (non-hydrogen) atoms. The Morgan fingerprint density at radius 2 is 1.62 bits per heavy atom. The molecule has 8 heteroatoms. The van der Waals surface area contributed by atoms with Gasteiger partial charge in [0.2, 0.25) is 11.8 Å². The summed E-state index contributed by atoms with van der Waals surface area (Å²) in [5.74, 6) is -0.784. The van der Waals surface area contributed by atoms with E-state index in [4.69, 9.17) is 11.3 Å². The minimum atomic E-state index is -4.74. The smallest absolute Gasteiger partial charge is 0.407 e. The lowest BCUT2D eigenvalue weighted by molar-refractivity contribution is -0.136. The van der Waals surface area contributed by atoms with Crippen LogP contribution in [0.4, 0.5) is 18.9 Å². The van der Waals surface area contributed by atoms with E-state index >= 15 is 0 Å². The molecule has 0 amide bonds. The third kappa shape index (κ3) is 1.89. The quantitative estimate of drug-likeness (QED) is 0.581. The van der Waals surface area contributed by atoms with E-state index in [-0.39, 0.29) is 5.69 Å². The number of ether oxygens (including phenoxy) is 1. The van der Waals surface area contributed by atoms with E-state index in [2.05, 4.69) is 4.85 Å². The monoisotopic (exact) mass is 362 g/mol. The highest BCUT2D eigenvalue weighted by atomic mass is 19.4. The van der Waals surface area contributed by atoms with Gasteiger partial charge in [-0.3, -0.25) is 4.57 Å². The van der Waals surface area contributed by atoms with Gasteiger partial charge in [0.05, 0.1) is 28.9 Å². The lowest BCUT2D eigenvalue weighted by atomic mass is 9.86. The molecule has 2 bridgehead atoms. The van der Waals surface area contributed by atoms with E-state index in [1.54, 1.807) is 26.0 Å². The fourth-order valence-electron chi connectivity index (χ4n) is 3.82. The highest BCUT2D eigenvalue weighted by Gasteiger charge is 2.56. The zero-order valence-electron chi connectivity index (χ0n) is 13.7. The predicted molar refractivity (Wildman–Crippen MR) is 85.3 cm³/mol. The van der Waals surface area contributed by atoms with Crippen molar-refractivity contribution in [2.24, 2.45) is 0 Å². The van der Waals surface area contributed by atoms with Crippen LogP contribution in [0.2, 0.25) is 0 Å².